The van der Waals surface area contributed by atoms with E-state index < -0.39 is 0 Å². The molecule has 0 saturated heterocycles. The zero-order chi connectivity index (χ0) is 15.3. The van der Waals surface area contributed by atoms with Crippen LogP contribution in [0.25, 0.3) is 0 Å². The maximum atomic E-state index is 3.82. The summed E-state index contributed by atoms with van der Waals surface area (Å²) in [6, 6.07) is 10.8. The highest BCUT2D eigenvalue weighted by Gasteiger charge is 2.37. The Morgan fingerprint density at radius 2 is 1.76 bits per heavy atom. The average molecular weight is 369 g/mol. The second-order valence-corrected chi connectivity index (χ2v) is 9.41. The molecular weight excluding hydrogens is 340 g/mol. The first kappa shape index (κ1) is 17.4. The van der Waals surface area contributed by atoms with E-state index in [4.69, 9.17) is 0 Å². The maximum absolute atomic E-state index is 3.82. The van der Waals surface area contributed by atoms with Crippen molar-refractivity contribution in [3.05, 3.63) is 30.3 Å². The molecule has 0 bridgehead atoms. The van der Waals surface area contributed by atoms with E-state index in [-0.39, 0.29) is 0 Å². The summed E-state index contributed by atoms with van der Waals surface area (Å²) < 4.78 is 0. The van der Waals surface area contributed by atoms with Crippen molar-refractivity contribution in [2.75, 3.05) is 11.1 Å². The van der Waals surface area contributed by atoms with Crippen LogP contribution in [0.4, 0.5) is 0 Å². The first-order valence-corrected chi connectivity index (χ1v) is 10.3. The van der Waals surface area contributed by atoms with E-state index in [2.05, 4.69) is 67.0 Å². The number of hydrogen-bond acceptors (Lipinski definition) is 1. The molecule has 1 aromatic carbocycles. The molecule has 0 aliphatic heterocycles. The molecule has 0 atom stereocenters. The molecule has 1 fully saturated rings. The fourth-order valence-corrected chi connectivity index (χ4v) is 5.41. The summed E-state index contributed by atoms with van der Waals surface area (Å²) in [6.45, 7) is 7.22. The number of hydrogen-bond donors (Lipinski definition) is 0. The van der Waals surface area contributed by atoms with Crippen molar-refractivity contribution in [1.82, 2.24) is 0 Å². The molecule has 0 amide bonds. The van der Waals surface area contributed by atoms with Crippen LogP contribution in [-0.2, 0) is 0 Å². The summed E-state index contributed by atoms with van der Waals surface area (Å²) in [7, 11) is 0. The number of benzene rings is 1. The summed E-state index contributed by atoms with van der Waals surface area (Å²) in [5, 5.41) is 1.17. The lowest BCUT2D eigenvalue weighted by molar-refractivity contribution is 0.101. The molecular formula is C19H29BrS. The summed E-state index contributed by atoms with van der Waals surface area (Å²) in [4.78, 5) is 1.41. The predicted octanol–water partition coefficient (Wildman–Crippen LogP) is 6.79. The molecule has 118 valence electrons. The van der Waals surface area contributed by atoms with E-state index in [9.17, 15) is 0 Å². The fraction of sp³-hybridized carbons (Fsp3) is 0.684. The van der Waals surface area contributed by atoms with Crippen LogP contribution in [0, 0.1) is 16.7 Å². The topological polar surface area (TPSA) is 0 Å². The zero-order valence-corrected chi connectivity index (χ0v) is 16.1. The van der Waals surface area contributed by atoms with Crippen molar-refractivity contribution in [3.8, 4) is 0 Å². The van der Waals surface area contributed by atoms with Gasteiger partial charge in [0.15, 0.2) is 0 Å². The van der Waals surface area contributed by atoms with Crippen LogP contribution in [0.1, 0.15) is 52.9 Å². The lowest BCUT2D eigenvalue weighted by Gasteiger charge is -2.43. The highest BCUT2D eigenvalue weighted by atomic mass is 79.9. The summed E-state index contributed by atoms with van der Waals surface area (Å²) in [5.74, 6) is 2.15. The molecule has 2 heteroatoms. The predicted molar refractivity (Wildman–Crippen MR) is 99.4 cm³/mol. The molecule has 21 heavy (non-hydrogen) atoms. The van der Waals surface area contributed by atoms with Crippen LogP contribution in [0.5, 0.6) is 0 Å². The number of alkyl halides is 1. The number of rotatable bonds is 5. The second kappa shape index (κ2) is 7.55. The number of halogens is 1. The minimum atomic E-state index is 0.483. The Morgan fingerprint density at radius 3 is 2.29 bits per heavy atom. The Labute approximate surface area is 143 Å². The Hall–Kier alpha value is 0.0500. The largest absolute Gasteiger partial charge is 0.126 e. The Kier molecular flexibility index (Phi) is 6.25. The van der Waals surface area contributed by atoms with Crippen molar-refractivity contribution in [2.24, 2.45) is 16.7 Å². The van der Waals surface area contributed by atoms with Crippen LogP contribution >= 0.6 is 27.7 Å². The molecule has 1 saturated carbocycles. The van der Waals surface area contributed by atoms with E-state index in [0.717, 1.165) is 5.92 Å². The van der Waals surface area contributed by atoms with Crippen molar-refractivity contribution < 1.29 is 0 Å². The summed E-state index contributed by atoms with van der Waals surface area (Å²) in [5.41, 5.74) is 1.03. The van der Waals surface area contributed by atoms with Gasteiger partial charge in [-0.1, -0.05) is 54.9 Å². The highest BCUT2D eigenvalue weighted by Crippen LogP contribution is 2.48. The smallest absolute Gasteiger partial charge is 0.00882 e. The van der Waals surface area contributed by atoms with E-state index in [1.54, 1.807) is 0 Å². The third-order valence-corrected chi connectivity index (χ3v) is 7.40. The van der Waals surface area contributed by atoms with Gasteiger partial charge in [-0.3, -0.25) is 0 Å². The van der Waals surface area contributed by atoms with Crippen molar-refractivity contribution in [3.63, 3.8) is 0 Å². The van der Waals surface area contributed by atoms with Crippen LogP contribution in [0.3, 0.4) is 0 Å². The van der Waals surface area contributed by atoms with E-state index in [1.807, 2.05) is 11.8 Å². The SMILES string of the molecule is CC(C)(C)C1CCC(CBr)(CCSc2ccccc2)CC1. The molecule has 0 aromatic heterocycles. The standard InChI is InChI=1S/C19H29BrS/c1-18(2,3)16-9-11-19(15-20,12-10-16)13-14-21-17-7-5-4-6-8-17/h4-8,16H,9-15H2,1-3H3. The third kappa shape index (κ3) is 5.03. The van der Waals surface area contributed by atoms with Gasteiger partial charge in [0.1, 0.15) is 0 Å². The molecule has 1 aliphatic rings. The van der Waals surface area contributed by atoms with Crippen molar-refractivity contribution in [2.45, 2.75) is 57.8 Å². The molecule has 0 N–H and O–H groups in total. The minimum Gasteiger partial charge on any atom is -0.126 e. The second-order valence-electron chi connectivity index (χ2n) is 7.69. The highest BCUT2D eigenvalue weighted by molar-refractivity contribution is 9.09. The Morgan fingerprint density at radius 1 is 1.14 bits per heavy atom. The molecule has 0 radical (unpaired) electrons. The molecule has 0 nitrogen and oxygen atoms in total. The quantitative estimate of drug-likeness (QED) is 0.407. The first-order valence-electron chi connectivity index (χ1n) is 8.19. The van der Waals surface area contributed by atoms with Gasteiger partial charge in [0.2, 0.25) is 0 Å². The monoisotopic (exact) mass is 368 g/mol. The van der Waals surface area contributed by atoms with E-state index in [0.29, 0.717) is 10.8 Å². The third-order valence-electron chi connectivity index (χ3n) is 5.20. The van der Waals surface area contributed by atoms with Gasteiger partial charge in [-0.2, -0.15) is 0 Å². The fourth-order valence-electron chi connectivity index (χ4n) is 3.45. The van der Waals surface area contributed by atoms with Gasteiger partial charge in [0.05, 0.1) is 0 Å². The maximum Gasteiger partial charge on any atom is 0.00882 e. The van der Waals surface area contributed by atoms with Gasteiger partial charge in [0, 0.05) is 10.2 Å². The van der Waals surface area contributed by atoms with E-state index in [1.165, 1.54) is 48.1 Å². The minimum absolute atomic E-state index is 0.483. The molecule has 2 rings (SSSR count). The van der Waals surface area contributed by atoms with Gasteiger partial charge in [-0.15, -0.1) is 11.8 Å². The Bertz CT molecular complexity index is 413. The molecule has 0 unspecified atom stereocenters. The Balaban J connectivity index is 1.83. The molecule has 1 aliphatic carbocycles. The molecule has 0 spiro atoms. The lowest BCUT2D eigenvalue weighted by atomic mass is 9.64. The first-order chi connectivity index (χ1) is 9.95. The lowest BCUT2D eigenvalue weighted by Crippen LogP contribution is -2.34. The zero-order valence-electron chi connectivity index (χ0n) is 13.7. The van der Waals surface area contributed by atoms with Crippen LogP contribution < -0.4 is 0 Å². The average Bonchev–Trinajstić information content (AvgIpc) is 2.48. The molecule has 0 heterocycles. The summed E-state index contributed by atoms with van der Waals surface area (Å²) in [6.07, 6.45) is 6.95. The van der Waals surface area contributed by atoms with E-state index >= 15 is 0 Å². The van der Waals surface area contributed by atoms with Gasteiger partial charge in [-0.25, -0.2) is 0 Å². The van der Waals surface area contributed by atoms with Crippen LogP contribution in [0.15, 0.2) is 35.2 Å². The van der Waals surface area contributed by atoms with Crippen molar-refractivity contribution >= 4 is 27.7 Å². The number of thioether (sulfide) groups is 1. The van der Waals surface area contributed by atoms with Crippen LogP contribution in [-0.4, -0.2) is 11.1 Å². The van der Waals surface area contributed by atoms with Crippen molar-refractivity contribution in [1.29, 1.82) is 0 Å². The van der Waals surface area contributed by atoms with Gasteiger partial charge in [0.25, 0.3) is 0 Å². The van der Waals surface area contributed by atoms with Crippen LogP contribution in [0.2, 0.25) is 0 Å². The normalized spacial score (nSPS) is 26.8. The van der Waals surface area contributed by atoms with Gasteiger partial charge in [-0.05, 0) is 66.7 Å². The van der Waals surface area contributed by atoms with Gasteiger partial charge < -0.3 is 0 Å². The molecule has 1 aromatic rings. The summed E-state index contributed by atoms with van der Waals surface area (Å²) >= 11 is 5.83. The van der Waals surface area contributed by atoms with Gasteiger partial charge >= 0.3 is 0 Å².